The van der Waals surface area contributed by atoms with Crippen LogP contribution in [0.5, 0.6) is 0 Å². The average Bonchev–Trinajstić information content (AvgIpc) is 3.45. The van der Waals surface area contributed by atoms with E-state index in [1.54, 1.807) is 13.3 Å². The number of para-hydroxylation sites is 1. The SMILES string of the molecule is Cc1nc(C#N)c(-c2ccc3c(c2)CCN(c2ncnc4c2oc2ccccc24)C3)c(N2CCC(C)(C)CC2)c1[C@H](OC(C)(C)C)C(=O)O. The van der Waals surface area contributed by atoms with E-state index in [1.807, 2.05) is 51.1 Å². The summed E-state index contributed by atoms with van der Waals surface area (Å²) in [5, 5.41) is 22.0. The summed E-state index contributed by atoms with van der Waals surface area (Å²) < 4.78 is 12.5. The number of anilines is 2. The quantitative estimate of drug-likeness (QED) is 0.193. The van der Waals surface area contributed by atoms with Gasteiger partial charge in [-0.05, 0) is 81.2 Å². The van der Waals surface area contributed by atoms with Crippen LogP contribution in [0.1, 0.15) is 81.6 Å². The lowest BCUT2D eigenvalue weighted by Gasteiger charge is -2.41. The van der Waals surface area contributed by atoms with Gasteiger partial charge in [-0.15, -0.1) is 0 Å². The number of piperidine rings is 1. The first-order chi connectivity index (χ1) is 23.3. The summed E-state index contributed by atoms with van der Waals surface area (Å²) in [6.07, 6.45) is 2.98. The van der Waals surface area contributed by atoms with Crippen molar-refractivity contribution in [2.45, 2.75) is 79.1 Å². The number of nitrogens with zero attached hydrogens (tertiary/aromatic N) is 6. The highest BCUT2D eigenvalue weighted by molar-refractivity contribution is 6.05. The Labute approximate surface area is 286 Å². The Morgan fingerprint density at radius 2 is 1.82 bits per heavy atom. The van der Waals surface area contributed by atoms with E-state index >= 15 is 0 Å². The Balaban J connectivity index is 1.32. The van der Waals surface area contributed by atoms with Gasteiger partial charge in [-0.1, -0.05) is 44.2 Å². The third kappa shape index (κ3) is 6.08. The molecule has 1 saturated heterocycles. The number of ether oxygens (including phenoxy) is 1. The van der Waals surface area contributed by atoms with Crippen LogP contribution in [0.3, 0.4) is 0 Å². The van der Waals surface area contributed by atoms with Gasteiger partial charge in [-0.25, -0.2) is 19.7 Å². The first-order valence-corrected chi connectivity index (χ1v) is 16.9. The topological polar surface area (TPSA) is 129 Å². The van der Waals surface area contributed by atoms with Crippen LogP contribution in [-0.2, 0) is 22.5 Å². The molecule has 252 valence electrons. The summed E-state index contributed by atoms with van der Waals surface area (Å²) in [6, 6.07) is 16.5. The molecule has 49 heavy (non-hydrogen) atoms. The Hall–Kier alpha value is -5.01. The van der Waals surface area contributed by atoms with E-state index in [-0.39, 0.29) is 11.1 Å². The van der Waals surface area contributed by atoms with Crippen molar-refractivity contribution in [2.24, 2.45) is 5.41 Å². The van der Waals surface area contributed by atoms with E-state index in [0.29, 0.717) is 28.9 Å². The zero-order valence-electron chi connectivity index (χ0n) is 29.0. The molecule has 0 radical (unpaired) electrons. The number of carboxylic acid groups (broad SMARTS) is 1. The molecule has 0 aliphatic carbocycles. The van der Waals surface area contributed by atoms with Gasteiger partial charge >= 0.3 is 5.97 Å². The number of furan rings is 1. The highest BCUT2D eigenvalue weighted by Gasteiger charge is 2.37. The zero-order chi connectivity index (χ0) is 34.7. The number of fused-ring (bicyclic) bond motifs is 4. The van der Waals surface area contributed by atoms with Crippen molar-refractivity contribution >= 4 is 39.5 Å². The smallest absolute Gasteiger partial charge is 0.337 e. The molecule has 10 nitrogen and oxygen atoms in total. The molecule has 1 fully saturated rings. The summed E-state index contributed by atoms with van der Waals surface area (Å²) in [5.74, 6) is -0.313. The second-order valence-electron chi connectivity index (χ2n) is 15.0. The maximum absolute atomic E-state index is 12.9. The van der Waals surface area contributed by atoms with Gasteiger partial charge in [-0.3, -0.25) is 0 Å². The van der Waals surface area contributed by atoms with Crippen molar-refractivity contribution in [3.05, 3.63) is 76.9 Å². The van der Waals surface area contributed by atoms with Crippen molar-refractivity contribution < 1.29 is 19.1 Å². The van der Waals surface area contributed by atoms with Gasteiger partial charge in [0, 0.05) is 48.4 Å². The van der Waals surface area contributed by atoms with Gasteiger partial charge in [0.2, 0.25) is 0 Å². The Kier molecular flexibility index (Phi) is 8.07. The van der Waals surface area contributed by atoms with E-state index < -0.39 is 17.7 Å². The molecular formula is C39H42N6O4. The number of nitriles is 1. The Morgan fingerprint density at radius 1 is 1.06 bits per heavy atom. The molecule has 10 heteroatoms. The number of rotatable bonds is 6. The lowest BCUT2D eigenvalue weighted by molar-refractivity contribution is -0.160. The molecule has 3 aromatic heterocycles. The molecule has 0 saturated carbocycles. The van der Waals surface area contributed by atoms with E-state index in [1.165, 1.54) is 5.56 Å². The third-order valence-electron chi connectivity index (χ3n) is 9.84. The second-order valence-corrected chi connectivity index (χ2v) is 15.0. The molecule has 7 rings (SSSR count). The van der Waals surface area contributed by atoms with E-state index in [4.69, 9.17) is 14.1 Å². The largest absolute Gasteiger partial charge is 0.479 e. The predicted molar refractivity (Wildman–Crippen MR) is 190 cm³/mol. The van der Waals surface area contributed by atoms with Crippen LogP contribution in [-0.4, -0.2) is 51.3 Å². The minimum absolute atomic E-state index is 0.167. The predicted octanol–water partition coefficient (Wildman–Crippen LogP) is 7.75. The fourth-order valence-electron chi connectivity index (χ4n) is 7.25. The minimum atomic E-state index is -1.25. The van der Waals surface area contributed by atoms with Gasteiger partial charge in [0.15, 0.2) is 23.2 Å². The van der Waals surface area contributed by atoms with Crippen LogP contribution in [0.4, 0.5) is 11.5 Å². The van der Waals surface area contributed by atoms with E-state index in [9.17, 15) is 15.2 Å². The lowest BCUT2D eigenvalue weighted by atomic mass is 9.81. The fraction of sp³-hybridized carbons (Fsp3) is 0.410. The number of benzene rings is 2. The zero-order valence-corrected chi connectivity index (χ0v) is 29.0. The summed E-state index contributed by atoms with van der Waals surface area (Å²) in [5.41, 5.74) is 7.57. The number of hydrogen-bond donors (Lipinski definition) is 1. The highest BCUT2D eigenvalue weighted by Crippen LogP contribution is 2.45. The number of aryl methyl sites for hydroxylation is 1. The number of hydrogen-bond acceptors (Lipinski definition) is 9. The second kappa shape index (κ2) is 12.1. The van der Waals surface area contributed by atoms with Crippen LogP contribution in [0.15, 0.2) is 53.2 Å². The number of carbonyl (C=O) groups is 1. The summed E-state index contributed by atoms with van der Waals surface area (Å²) in [6.45, 7) is 14.7. The van der Waals surface area contributed by atoms with Gasteiger partial charge in [0.1, 0.15) is 23.5 Å². The molecule has 5 heterocycles. The number of pyridine rings is 1. The molecule has 5 aromatic rings. The first kappa shape index (κ1) is 32.5. The van der Waals surface area contributed by atoms with Crippen LogP contribution in [0.2, 0.25) is 0 Å². The first-order valence-electron chi connectivity index (χ1n) is 16.9. The summed E-state index contributed by atoms with van der Waals surface area (Å²) in [4.78, 5) is 31.3. The summed E-state index contributed by atoms with van der Waals surface area (Å²) >= 11 is 0. The number of aromatic nitrogens is 3. The van der Waals surface area contributed by atoms with Gasteiger partial charge < -0.3 is 24.1 Å². The third-order valence-corrected chi connectivity index (χ3v) is 9.84. The van der Waals surface area contributed by atoms with Crippen LogP contribution < -0.4 is 9.80 Å². The van der Waals surface area contributed by atoms with Crippen LogP contribution in [0, 0.1) is 23.7 Å². The van der Waals surface area contributed by atoms with Crippen molar-refractivity contribution in [2.75, 3.05) is 29.4 Å². The molecule has 2 aliphatic heterocycles. The Bertz CT molecular complexity index is 2130. The van der Waals surface area contributed by atoms with Gasteiger partial charge in [0.05, 0.1) is 11.3 Å². The molecule has 0 bridgehead atoms. The van der Waals surface area contributed by atoms with Gasteiger partial charge in [-0.2, -0.15) is 5.26 Å². The van der Waals surface area contributed by atoms with Crippen LogP contribution in [0.25, 0.3) is 33.2 Å². The maximum atomic E-state index is 12.9. The van der Waals surface area contributed by atoms with Crippen LogP contribution >= 0.6 is 0 Å². The normalized spacial score (nSPS) is 16.8. The average molecular weight is 659 g/mol. The number of carboxylic acids is 1. The van der Waals surface area contributed by atoms with E-state index in [0.717, 1.165) is 78.0 Å². The van der Waals surface area contributed by atoms with Crippen molar-refractivity contribution in [3.63, 3.8) is 0 Å². The molecule has 1 atom stereocenters. The number of aliphatic carboxylic acids is 1. The summed E-state index contributed by atoms with van der Waals surface area (Å²) in [7, 11) is 0. The molecule has 0 amide bonds. The van der Waals surface area contributed by atoms with Crippen molar-refractivity contribution in [1.82, 2.24) is 15.0 Å². The molecule has 2 aromatic carbocycles. The minimum Gasteiger partial charge on any atom is -0.479 e. The molecule has 1 N–H and O–H groups in total. The standard InChI is InChI=1S/C39H42N6O4/c1-23-30(34(37(46)47)49-38(2,3)4)33(44-17-14-39(5,6)15-18-44)31(28(20-40)43-23)25-11-12-26-21-45(16-13-24(26)19-25)36-35-32(41-22-42-36)27-9-7-8-10-29(27)48-35/h7-12,19,22,34H,13-18,21H2,1-6H3,(H,46,47)/t34-/m0/s1. The maximum Gasteiger partial charge on any atom is 0.337 e. The molecule has 0 unspecified atom stereocenters. The molecule has 2 aliphatic rings. The van der Waals surface area contributed by atoms with E-state index in [2.05, 4.69) is 51.8 Å². The highest BCUT2D eigenvalue weighted by atomic mass is 16.5. The van der Waals surface area contributed by atoms with Gasteiger partial charge in [0.25, 0.3) is 0 Å². The Morgan fingerprint density at radius 3 is 2.53 bits per heavy atom. The fourth-order valence-corrected chi connectivity index (χ4v) is 7.25. The molecular weight excluding hydrogens is 616 g/mol. The molecule has 0 spiro atoms. The lowest BCUT2D eigenvalue weighted by Crippen LogP contribution is -2.39. The van der Waals surface area contributed by atoms with Crippen molar-refractivity contribution in [1.29, 1.82) is 5.26 Å². The van der Waals surface area contributed by atoms with Crippen molar-refractivity contribution in [3.8, 4) is 17.2 Å². The monoisotopic (exact) mass is 658 g/mol.